The van der Waals surface area contributed by atoms with Gasteiger partial charge in [-0.25, -0.2) is 4.39 Å². The summed E-state index contributed by atoms with van der Waals surface area (Å²) < 4.78 is 30.5. The summed E-state index contributed by atoms with van der Waals surface area (Å²) in [5.41, 5.74) is 1.48. The summed E-state index contributed by atoms with van der Waals surface area (Å²) in [5, 5.41) is 3.18. The maximum atomic E-state index is 13.0. The van der Waals surface area contributed by atoms with Crippen LogP contribution in [0, 0.1) is 11.7 Å². The lowest BCUT2D eigenvalue weighted by Crippen LogP contribution is -2.47. The van der Waals surface area contributed by atoms with E-state index in [2.05, 4.69) is 10.2 Å². The normalized spacial score (nSPS) is 26.5. The van der Waals surface area contributed by atoms with Gasteiger partial charge in [0, 0.05) is 24.7 Å². The van der Waals surface area contributed by atoms with E-state index in [-0.39, 0.29) is 23.9 Å². The number of hydrogen-bond donors (Lipinski definition) is 1. The van der Waals surface area contributed by atoms with E-state index in [1.165, 1.54) is 25.1 Å². The Balaban J connectivity index is 1.13. The largest absolute Gasteiger partial charge is 0.486 e. The van der Waals surface area contributed by atoms with Gasteiger partial charge in [0.15, 0.2) is 17.6 Å². The molecule has 2 saturated heterocycles. The highest BCUT2D eigenvalue weighted by atomic mass is 19.1. The standard InChI is InChI=1S/C24H27FN2O4/c25-19-4-1-16(2-5-19)13-29-14-21-15-30-23-10-18(3-6-22(23)31-21)24(28)26-20-9-17-7-8-27(11-17)12-20/h1-6,10,17,20-21H,7-9,11-15H2,(H,26,28)/t17-,20-,21-/m1/s1. The van der Waals surface area contributed by atoms with Crippen molar-refractivity contribution < 1.29 is 23.4 Å². The molecule has 6 nitrogen and oxygen atoms in total. The molecule has 3 aliphatic heterocycles. The van der Waals surface area contributed by atoms with Gasteiger partial charge in [0.05, 0.1) is 13.2 Å². The first-order valence-electron chi connectivity index (χ1n) is 10.9. The third kappa shape index (κ3) is 4.83. The molecule has 2 aromatic rings. The lowest BCUT2D eigenvalue weighted by molar-refractivity contribution is 0.00267. The lowest BCUT2D eigenvalue weighted by atomic mass is 9.96. The summed E-state index contributed by atoms with van der Waals surface area (Å²) >= 11 is 0. The van der Waals surface area contributed by atoms with E-state index in [0.717, 1.165) is 25.1 Å². The van der Waals surface area contributed by atoms with Crippen LogP contribution in [0.1, 0.15) is 28.8 Å². The van der Waals surface area contributed by atoms with E-state index in [9.17, 15) is 9.18 Å². The number of hydrogen-bond acceptors (Lipinski definition) is 5. The van der Waals surface area contributed by atoms with Gasteiger partial charge < -0.3 is 24.4 Å². The Labute approximate surface area is 181 Å². The zero-order chi connectivity index (χ0) is 21.2. The van der Waals surface area contributed by atoms with Crippen molar-refractivity contribution in [1.29, 1.82) is 0 Å². The molecule has 0 spiro atoms. The number of nitrogens with zero attached hydrogens (tertiary/aromatic N) is 1. The molecule has 31 heavy (non-hydrogen) atoms. The van der Waals surface area contributed by atoms with E-state index >= 15 is 0 Å². The molecule has 7 heteroatoms. The second-order valence-electron chi connectivity index (χ2n) is 8.67. The van der Waals surface area contributed by atoms with E-state index in [4.69, 9.17) is 14.2 Å². The SMILES string of the molecule is O=C(N[C@@H]1C[C@H]2CCN(C2)C1)c1ccc2c(c1)OC[C@@H](COCc1ccc(F)cc1)O2. The molecule has 1 amide bonds. The highest BCUT2D eigenvalue weighted by Gasteiger charge is 2.33. The highest BCUT2D eigenvalue weighted by molar-refractivity contribution is 5.95. The summed E-state index contributed by atoms with van der Waals surface area (Å²) in [4.78, 5) is 15.2. The first-order valence-corrected chi connectivity index (χ1v) is 10.9. The van der Waals surface area contributed by atoms with Crippen LogP contribution in [0.5, 0.6) is 11.5 Å². The second kappa shape index (κ2) is 8.85. The smallest absolute Gasteiger partial charge is 0.251 e. The Morgan fingerprint density at radius 3 is 2.87 bits per heavy atom. The van der Waals surface area contributed by atoms with Crippen molar-refractivity contribution in [3.63, 3.8) is 0 Å². The number of carbonyl (C=O) groups excluding carboxylic acids is 1. The summed E-state index contributed by atoms with van der Waals surface area (Å²) in [6, 6.07) is 11.7. The average molecular weight is 426 g/mol. The third-order valence-electron chi connectivity index (χ3n) is 6.21. The van der Waals surface area contributed by atoms with Crippen molar-refractivity contribution in [3.8, 4) is 11.5 Å². The first-order chi connectivity index (χ1) is 15.1. The number of amides is 1. The number of rotatable bonds is 6. The van der Waals surface area contributed by atoms with Gasteiger partial charge in [-0.3, -0.25) is 4.79 Å². The molecule has 3 heterocycles. The molecule has 0 saturated carbocycles. The van der Waals surface area contributed by atoms with Crippen molar-refractivity contribution in [1.82, 2.24) is 10.2 Å². The molecule has 0 radical (unpaired) electrons. The zero-order valence-corrected chi connectivity index (χ0v) is 17.4. The van der Waals surface area contributed by atoms with Crippen molar-refractivity contribution in [2.24, 2.45) is 5.92 Å². The molecule has 2 bridgehead atoms. The lowest BCUT2D eigenvalue weighted by Gasteiger charge is -2.30. The van der Waals surface area contributed by atoms with E-state index in [1.807, 2.05) is 0 Å². The number of piperidine rings is 1. The van der Waals surface area contributed by atoms with Gasteiger partial charge in [0.2, 0.25) is 0 Å². The average Bonchev–Trinajstić information content (AvgIpc) is 3.12. The molecule has 164 valence electrons. The number of fused-ring (bicyclic) bond motifs is 3. The van der Waals surface area contributed by atoms with Crippen molar-refractivity contribution >= 4 is 5.91 Å². The Bertz CT molecular complexity index is 924. The molecule has 3 aliphatic rings. The summed E-state index contributed by atoms with van der Waals surface area (Å²) in [5.74, 6) is 1.57. The summed E-state index contributed by atoms with van der Waals surface area (Å²) in [6.07, 6.45) is 2.07. The molecule has 5 rings (SSSR count). The fourth-order valence-corrected chi connectivity index (χ4v) is 4.66. The van der Waals surface area contributed by atoms with Gasteiger partial charge in [-0.1, -0.05) is 12.1 Å². The van der Waals surface area contributed by atoms with Gasteiger partial charge in [-0.05, 0) is 61.2 Å². The Kier molecular flexibility index (Phi) is 5.78. The van der Waals surface area contributed by atoms with Crippen LogP contribution in [-0.2, 0) is 11.3 Å². The van der Waals surface area contributed by atoms with Crippen molar-refractivity contribution in [2.45, 2.75) is 31.6 Å². The maximum Gasteiger partial charge on any atom is 0.251 e. The summed E-state index contributed by atoms with van der Waals surface area (Å²) in [6.45, 7) is 4.35. The minimum Gasteiger partial charge on any atom is -0.486 e. The molecular weight excluding hydrogens is 399 g/mol. The molecule has 2 aromatic carbocycles. The molecule has 0 aromatic heterocycles. The van der Waals surface area contributed by atoms with Crippen LogP contribution >= 0.6 is 0 Å². The highest BCUT2D eigenvalue weighted by Crippen LogP contribution is 2.33. The zero-order valence-electron chi connectivity index (χ0n) is 17.4. The number of carbonyl (C=O) groups is 1. The van der Waals surface area contributed by atoms with Gasteiger partial charge in [0.25, 0.3) is 5.91 Å². The van der Waals surface area contributed by atoms with Gasteiger partial charge in [-0.15, -0.1) is 0 Å². The van der Waals surface area contributed by atoms with E-state index < -0.39 is 0 Å². The van der Waals surface area contributed by atoms with E-state index in [1.54, 1.807) is 30.3 Å². The molecule has 4 atom stereocenters. The van der Waals surface area contributed by atoms with Crippen LogP contribution in [0.15, 0.2) is 42.5 Å². The minimum atomic E-state index is -0.263. The van der Waals surface area contributed by atoms with Gasteiger partial charge in [0.1, 0.15) is 12.4 Å². The summed E-state index contributed by atoms with van der Waals surface area (Å²) in [7, 11) is 0. The quantitative estimate of drug-likeness (QED) is 0.770. The predicted octanol–water partition coefficient (Wildman–Crippen LogP) is 3.01. The van der Waals surface area contributed by atoms with Crippen LogP contribution in [0.3, 0.4) is 0 Å². The monoisotopic (exact) mass is 426 g/mol. The van der Waals surface area contributed by atoms with Crippen LogP contribution in [-0.4, -0.2) is 55.8 Å². The topological polar surface area (TPSA) is 60.0 Å². The Hall–Kier alpha value is -2.64. The first kappa shape index (κ1) is 20.3. The number of nitrogens with one attached hydrogen (secondary N) is 1. The van der Waals surface area contributed by atoms with Gasteiger partial charge >= 0.3 is 0 Å². The number of benzene rings is 2. The molecular formula is C24H27FN2O4. The number of ether oxygens (including phenoxy) is 3. The predicted molar refractivity (Wildman–Crippen MR) is 113 cm³/mol. The van der Waals surface area contributed by atoms with Crippen molar-refractivity contribution in [3.05, 3.63) is 59.4 Å². The third-order valence-corrected chi connectivity index (χ3v) is 6.21. The Morgan fingerprint density at radius 1 is 1.16 bits per heavy atom. The fourth-order valence-electron chi connectivity index (χ4n) is 4.66. The van der Waals surface area contributed by atoms with Crippen LogP contribution in [0.4, 0.5) is 4.39 Å². The maximum absolute atomic E-state index is 13.0. The molecule has 1 unspecified atom stereocenters. The fraction of sp³-hybridized carbons (Fsp3) is 0.458. The van der Waals surface area contributed by atoms with Crippen LogP contribution in [0.25, 0.3) is 0 Å². The van der Waals surface area contributed by atoms with Crippen LogP contribution in [0.2, 0.25) is 0 Å². The van der Waals surface area contributed by atoms with Crippen molar-refractivity contribution in [2.75, 3.05) is 32.8 Å². The second-order valence-corrected chi connectivity index (χ2v) is 8.67. The Morgan fingerprint density at radius 2 is 2.03 bits per heavy atom. The molecule has 1 N–H and O–H groups in total. The molecule has 0 aliphatic carbocycles. The number of halogens is 1. The minimum absolute atomic E-state index is 0.0661. The van der Waals surface area contributed by atoms with E-state index in [0.29, 0.717) is 42.8 Å². The van der Waals surface area contributed by atoms with Crippen LogP contribution < -0.4 is 14.8 Å². The van der Waals surface area contributed by atoms with Gasteiger partial charge in [-0.2, -0.15) is 0 Å². The molecule has 2 fully saturated rings.